The lowest BCUT2D eigenvalue weighted by Gasteiger charge is -2.29. The van der Waals surface area contributed by atoms with Crippen molar-refractivity contribution in [3.8, 4) is 0 Å². The van der Waals surface area contributed by atoms with Crippen LogP contribution in [0.3, 0.4) is 0 Å². The van der Waals surface area contributed by atoms with Crippen molar-refractivity contribution in [3.63, 3.8) is 0 Å². The molecule has 2 aliphatic rings. The van der Waals surface area contributed by atoms with Gasteiger partial charge in [-0.15, -0.1) is 0 Å². The molecule has 2 N–H and O–H groups in total. The van der Waals surface area contributed by atoms with Crippen LogP contribution in [0.5, 0.6) is 0 Å². The highest BCUT2D eigenvalue weighted by atomic mass is 16.5. The van der Waals surface area contributed by atoms with Crippen LogP contribution in [0, 0.1) is 5.92 Å². The van der Waals surface area contributed by atoms with E-state index in [1.807, 2.05) is 19.1 Å². The third-order valence-corrected chi connectivity index (χ3v) is 5.30. The number of morpholine rings is 1. The SMILES string of the molecule is CC(NC(=O)CNC(=O)C1CCCC1)c1ccc(N2CCOCC2)cc1. The Morgan fingerprint density at radius 3 is 2.46 bits per heavy atom. The molecule has 1 saturated heterocycles. The third kappa shape index (κ3) is 4.97. The van der Waals surface area contributed by atoms with Crippen molar-refractivity contribution < 1.29 is 14.3 Å². The monoisotopic (exact) mass is 359 g/mol. The van der Waals surface area contributed by atoms with E-state index in [4.69, 9.17) is 4.74 Å². The maximum Gasteiger partial charge on any atom is 0.239 e. The van der Waals surface area contributed by atoms with Crippen molar-refractivity contribution in [1.29, 1.82) is 0 Å². The normalized spacial score (nSPS) is 19.2. The summed E-state index contributed by atoms with van der Waals surface area (Å²) in [6.07, 6.45) is 4.11. The van der Waals surface area contributed by atoms with Crippen molar-refractivity contribution in [1.82, 2.24) is 10.6 Å². The van der Waals surface area contributed by atoms with E-state index in [2.05, 4.69) is 27.7 Å². The molecule has 1 saturated carbocycles. The first-order valence-electron chi connectivity index (χ1n) is 9.63. The summed E-state index contributed by atoms with van der Waals surface area (Å²) in [4.78, 5) is 26.4. The highest BCUT2D eigenvalue weighted by Gasteiger charge is 2.23. The quantitative estimate of drug-likeness (QED) is 0.815. The molecular weight excluding hydrogens is 330 g/mol. The fraction of sp³-hybridized carbons (Fsp3) is 0.600. The summed E-state index contributed by atoms with van der Waals surface area (Å²) >= 11 is 0. The zero-order valence-electron chi connectivity index (χ0n) is 15.5. The number of anilines is 1. The predicted molar refractivity (Wildman–Crippen MR) is 101 cm³/mol. The number of rotatable bonds is 6. The van der Waals surface area contributed by atoms with E-state index in [1.165, 1.54) is 5.69 Å². The lowest BCUT2D eigenvalue weighted by molar-refractivity contribution is -0.128. The summed E-state index contributed by atoms with van der Waals surface area (Å²) in [6.45, 7) is 5.35. The summed E-state index contributed by atoms with van der Waals surface area (Å²) in [7, 11) is 0. The molecule has 142 valence electrons. The first-order valence-corrected chi connectivity index (χ1v) is 9.63. The molecule has 1 aromatic rings. The van der Waals surface area contributed by atoms with Crippen LogP contribution in [0.1, 0.15) is 44.2 Å². The number of carbonyl (C=O) groups is 2. The molecule has 1 atom stereocenters. The van der Waals surface area contributed by atoms with Gasteiger partial charge in [0.1, 0.15) is 0 Å². The van der Waals surface area contributed by atoms with Gasteiger partial charge in [0.15, 0.2) is 0 Å². The van der Waals surface area contributed by atoms with Gasteiger partial charge in [-0.05, 0) is 37.5 Å². The number of nitrogens with one attached hydrogen (secondary N) is 2. The molecule has 1 aromatic carbocycles. The van der Waals surface area contributed by atoms with E-state index in [0.29, 0.717) is 0 Å². The van der Waals surface area contributed by atoms with Crippen LogP contribution in [0.25, 0.3) is 0 Å². The summed E-state index contributed by atoms with van der Waals surface area (Å²) in [6, 6.07) is 8.18. The Hall–Kier alpha value is -2.08. The largest absolute Gasteiger partial charge is 0.378 e. The standard InChI is InChI=1S/C20H29N3O3/c1-15(22-19(24)14-21-20(25)17-4-2-3-5-17)16-6-8-18(9-7-16)23-10-12-26-13-11-23/h6-9,15,17H,2-5,10-14H2,1H3,(H,21,25)(H,22,24). The summed E-state index contributed by atoms with van der Waals surface area (Å²) in [5.74, 6) is -0.0470. The Balaban J connectivity index is 1.45. The first-order chi connectivity index (χ1) is 12.6. The van der Waals surface area contributed by atoms with Gasteiger partial charge < -0.3 is 20.3 Å². The van der Waals surface area contributed by atoms with Crippen molar-refractivity contribution in [2.75, 3.05) is 37.7 Å². The van der Waals surface area contributed by atoms with Crippen molar-refractivity contribution in [2.24, 2.45) is 5.92 Å². The summed E-state index contributed by atoms with van der Waals surface area (Å²) < 4.78 is 5.38. The number of nitrogens with zero attached hydrogens (tertiary/aromatic N) is 1. The average molecular weight is 359 g/mol. The fourth-order valence-electron chi connectivity index (χ4n) is 3.67. The number of ether oxygens (including phenoxy) is 1. The molecule has 0 spiro atoms. The van der Waals surface area contributed by atoms with Gasteiger partial charge in [-0.2, -0.15) is 0 Å². The van der Waals surface area contributed by atoms with Crippen LogP contribution in [0.15, 0.2) is 24.3 Å². The predicted octanol–water partition coefficient (Wildman–Crippen LogP) is 2.01. The van der Waals surface area contributed by atoms with E-state index in [1.54, 1.807) is 0 Å². The molecule has 3 rings (SSSR count). The zero-order valence-corrected chi connectivity index (χ0v) is 15.5. The van der Waals surface area contributed by atoms with Crippen LogP contribution >= 0.6 is 0 Å². The van der Waals surface area contributed by atoms with Gasteiger partial charge in [0.05, 0.1) is 25.8 Å². The van der Waals surface area contributed by atoms with E-state index in [9.17, 15) is 9.59 Å². The molecule has 1 heterocycles. The van der Waals surface area contributed by atoms with Crippen LogP contribution in [-0.4, -0.2) is 44.7 Å². The molecule has 2 fully saturated rings. The minimum absolute atomic E-state index is 0.0140. The molecule has 26 heavy (non-hydrogen) atoms. The Morgan fingerprint density at radius 2 is 1.81 bits per heavy atom. The van der Waals surface area contributed by atoms with E-state index in [-0.39, 0.29) is 30.3 Å². The highest BCUT2D eigenvalue weighted by molar-refractivity contribution is 5.86. The van der Waals surface area contributed by atoms with Gasteiger partial charge in [-0.3, -0.25) is 9.59 Å². The lowest BCUT2D eigenvalue weighted by Crippen LogP contribution is -2.40. The van der Waals surface area contributed by atoms with Crippen molar-refractivity contribution >= 4 is 17.5 Å². The Kier molecular flexibility index (Phi) is 6.50. The topological polar surface area (TPSA) is 70.7 Å². The molecule has 1 unspecified atom stereocenters. The van der Waals surface area contributed by atoms with Gasteiger partial charge >= 0.3 is 0 Å². The second-order valence-corrected chi connectivity index (χ2v) is 7.18. The minimum atomic E-state index is -0.152. The smallest absolute Gasteiger partial charge is 0.239 e. The first kappa shape index (κ1) is 18.7. The summed E-state index contributed by atoms with van der Waals surface area (Å²) in [5, 5.41) is 5.72. The molecule has 6 nitrogen and oxygen atoms in total. The third-order valence-electron chi connectivity index (χ3n) is 5.30. The lowest BCUT2D eigenvalue weighted by atomic mass is 10.1. The zero-order chi connectivity index (χ0) is 18.4. The number of hydrogen-bond donors (Lipinski definition) is 2. The minimum Gasteiger partial charge on any atom is -0.378 e. The molecule has 6 heteroatoms. The molecule has 0 bridgehead atoms. The van der Waals surface area contributed by atoms with Crippen LogP contribution in [0.4, 0.5) is 5.69 Å². The maximum absolute atomic E-state index is 12.1. The van der Waals surface area contributed by atoms with Gasteiger partial charge in [-0.25, -0.2) is 0 Å². The fourth-order valence-corrected chi connectivity index (χ4v) is 3.67. The average Bonchev–Trinajstić information content (AvgIpc) is 3.22. The second kappa shape index (κ2) is 9.03. The maximum atomic E-state index is 12.1. The number of amides is 2. The van der Waals surface area contributed by atoms with Gasteiger partial charge in [-0.1, -0.05) is 25.0 Å². The van der Waals surface area contributed by atoms with Gasteiger partial charge in [0, 0.05) is 24.7 Å². The van der Waals surface area contributed by atoms with Crippen LogP contribution < -0.4 is 15.5 Å². The second-order valence-electron chi connectivity index (χ2n) is 7.18. The summed E-state index contributed by atoms with van der Waals surface area (Å²) in [5.41, 5.74) is 2.23. The Bertz CT molecular complexity index is 605. The van der Waals surface area contributed by atoms with E-state index >= 15 is 0 Å². The number of carbonyl (C=O) groups excluding carboxylic acids is 2. The molecule has 1 aliphatic heterocycles. The molecule has 0 aromatic heterocycles. The van der Waals surface area contributed by atoms with Crippen molar-refractivity contribution in [3.05, 3.63) is 29.8 Å². The van der Waals surface area contributed by atoms with Crippen molar-refractivity contribution in [2.45, 2.75) is 38.6 Å². The van der Waals surface area contributed by atoms with Crippen LogP contribution in [-0.2, 0) is 14.3 Å². The molecular formula is C20H29N3O3. The van der Waals surface area contributed by atoms with E-state index < -0.39 is 0 Å². The van der Waals surface area contributed by atoms with Gasteiger partial charge in [0.2, 0.25) is 11.8 Å². The molecule has 0 radical (unpaired) electrons. The highest BCUT2D eigenvalue weighted by Crippen LogP contribution is 2.24. The Labute approximate surface area is 155 Å². The molecule has 1 aliphatic carbocycles. The van der Waals surface area contributed by atoms with Gasteiger partial charge in [0.25, 0.3) is 0 Å². The number of benzene rings is 1. The molecule has 2 amide bonds. The van der Waals surface area contributed by atoms with Crippen LogP contribution in [0.2, 0.25) is 0 Å². The van der Waals surface area contributed by atoms with E-state index in [0.717, 1.165) is 57.6 Å². The Morgan fingerprint density at radius 1 is 1.15 bits per heavy atom. The number of hydrogen-bond acceptors (Lipinski definition) is 4.